The number of likely N-dealkylation sites (tertiary alicyclic amines) is 1. The standard InChI is InChI=1S/C16H23N3O4/c1-11-12(6-5-7-14(11)19(21)22)8-17-13-9-18(10-13)15(20)23-16(2,3)4/h5-7,13,17H,8-10H2,1-4H3. The molecule has 0 saturated carbocycles. The van der Waals surface area contributed by atoms with Crippen LogP contribution >= 0.6 is 0 Å². The predicted octanol–water partition coefficient (Wildman–Crippen LogP) is 2.61. The molecule has 1 fully saturated rings. The van der Waals surface area contributed by atoms with E-state index < -0.39 is 5.60 Å². The average Bonchev–Trinajstić information content (AvgIpc) is 2.36. The molecule has 126 valence electrons. The predicted molar refractivity (Wildman–Crippen MR) is 86.3 cm³/mol. The topological polar surface area (TPSA) is 84.7 Å². The van der Waals surface area contributed by atoms with Crippen LogP contribution in [0.3, 0.4) is 0 Å². The molecule has 0 spiro atoms. The molecule has 1 amide bonds. The first kappa shape index (κ1) is 17.2. The van der Waals surface area contributed by atoms with Gasteiger partial charge in [0.1, 0.15) is 5.60 Å². The average molecular weight is 321 g/mol. The molecule has 1 aromatic carbocycles. The molecule has 0 atom stereocenters. The molecule has 1 aromatic rings. The maximum atomic E-state index is 11.8. The monoisotopic (exact) mass is 321 g/mol. The van der Waals surface area contributed by atoms with Crippen LogP contribution in [0, 0.1) is 17.0 Å². The minimum atomic E-state index is -0.490. The van der Waals surface area contributed by atoms with E-state index in [1.165, 1.54) is 6.07 Å². The number of nitrogens with one attached hydrogen (secondary N) is 1. The van der Waals surface area contributed by atoms with Crippen molar-refractivity contribution in [1.82, 2.24) is 10.2 Å². The van der Waals surface area contributed by atoms with Crippen LogP contribution in [0.1, 0.15) is 31.9 Å². The van der Waals surface area contributed by atoms with Gasteiger partial charge in [-0.25, -0.2) is 4.79 Å². The fraction of sp³-hybridized carbons (Fsp3) is 0.562. The highest BCUT2D eigenvalue weighted by atomic mass is 16.6. The van der Waals surface area contributed by atoms with Gasteiger partial charge in [0.25, 0.3) is 5.69 Å². The van der Waals surface area contributed by atoms with E-state index in [-0.39, 0.29) is 22.7 Å². The van der Waals surface area contributed by atoms with Crippen LogP contribution in [-0.2, 0) is 11.3 Å². The SMILES string of the molecule is Cc1c(CNC2CN(C(=O)OC(C)(C)C)C2)cccc1[N+](=O)[O-]. The van der Waals surface area contributed by atoms with Gasteiger partial charge in [-0.05, 0) is 33.3 Å². The van der Waals surface area contributed by atoms with Crippen LogP contribution in [0.2, 0.25) is 0 Å². The molecule has 7 nitrogen and oxygen atoms in total. The zero-order chi connectivity index (χ0) is 17.2. The normalized spacial score (nSPS) is 15.2. The molecule has 1 saturated heterocycles. The van der Waals surface area contributed by atoms with E-state index in [1.54, 1.807) is 17.9 Å². The summed E-state index contributed by atoms with van der Waals surface area (Å²) in [5, 5.41) is 14.3. The Hall–Kier alpha value is -2.15. The first-order valence-electron chi connectivity index (χ1n) is 7.61. The van der Waals surface area contributed by atoms with E-state index in [4.69, 9.17) is 4.74 Å². The van der Waals surface area contributed by atoms with Crippen molar-refractivity contribution in [2.24, 2.45) is 0 Å². The Morgan fingerprint density at radius 2 is 2.09 bits per heavy atom. The minimum absolute atomic E-state index is 0.133. The van der Waals surface area contributed by atoms with Gasteiger partial charge in [0.15, 0.2) is 0 Å². The van der Waals surface area contributed by atoms with Crippen LogP contribution in [0.25, 0.3) is 0 Å². The van der Waals surface area contributed by atoms with Gasteiger partial charge in [-0.15, -0.1) is 0 Å². The van der Waals surface area contributed by atoms with Gasteiger partial charge in [0.2, 0.25) is 0 Å². The van der Waals surface area contributed by atoms with Crippen molar-refractivity contribution in [3.05, 3.63) is 39.4 Å². The Kier molecular flexibility index (Phi) is 4.89. The Balaban J connectivity index is 1.83. The summed E-state index contributed by atoms with van der Waals surface area (Å²) in [6, 6.07) is 5.25. The number of rotatable bonds is 4. The first-order valence-corrected chi connectivity index (χ1v) is 7.61. The second-order valence-corrected chi connectivity index (χ2v) is 6.78. The Morgan fingerprint density at radius 1 is 1.43 bits per heavy atom. The first-order chi connectivity index (χ1) is 10.7. The lowest BCUT2D eigenvalue weighted by molar-refractivity contribution is -0.385. The summed E-state index contributed by atoms with van der Waals surface area (Å²) in [4.78, 5) is 24.0. The summed E-state index contributed by atoms with van der Waals surface area (Å²) < 4.78 is 5.30. The maximum absolute atomic E-state index is 11.8. The van der Waals surface area contributed by atoms with E-state index >= 15 is 0 Å². The number of nitro benzene ring substituents is 1. The quantitative estimate of drug-likeness (QED) is 0.680. The number of carbonyl (C=O) groups is 1. The Labute approximate surface area is 135 Å². The summed E-state index contributed by atoms with van der Waals surface area (Å²) in [6.45, 7) is 8.98. The number of ether oxygens (including phenoxy) is 1. The molecule has 0 aliphatic carbocycles. The zero-order valence-electron chi connectivity index (χ0n) is 14.0. The molecule has 0 aromatic heterocycles. The minimum Gasteiger partial charge on any atom is -0.444 e. The van der Waals surface area contributed by atoms with E-state index in [9.17, 15) is 14.9 Å². The molecule has 0 unspecified atom stereocenters. The summed E-state index contributed by atoms with van der Waals surface area (Å²) >= 11 is 0. The van der Waals surface area contributed by atoms with Gasteiger partial charge in [-0.3, -0.25) is 10.1 Å². The number of nitrogens with zero attached hydrogens (tertiary/aromatic N) is 2. The highest BCUT2D eigenvalue weighted by Gasteiger charge is 2.33. The summed E-state index contributed by atoms with van der Waals surface area (Å²) in [6.07, 6.45) is -0.304. The second kappa shape index (κ2) is 6.54. The highest BCUT2D eigenvalue weighted by Crippen LogP contribution is 2.21. The van der Waals surface area contributed by atoms with Crippen LogP contribution in [0.4, 0.5) is 10.5 Å². The van der Waals surface area contributed by atoms with Crippen molar-refractivity contribution in [1.29, 1.82) is 0 Å². The lowest BCUT2D eigenvalue weighted by atomic mass is 10.1. The van der Waals surface area contributed by atoms with E-state index in [1.807, 2.05) is 26.8 Å². The number of amides is 1. The number of hydrogen-bond donors (Lipinski definition) is 1. The maximum Gasteiger partial charge on any atom is 0.410 e. The van der Waals surface area contributed by atoms with Gasteiger partial charge >= 0.3 is 6.09 Å². The number of benzene rings is 1. The molecule has 1 aliphatic rings. The third kappa shape index (κ3) is 4.41. The second-order valence-electron chi connectivity index (χ2n) is 6.78. The van der Waals surface area contributed by atoms with Gasteiger partial charge in [-0.1, -0.05) is 12.1 Å². The Morgan fingerprint density at radius 3 is 2.65 bits per heavy atom. The van der Waals surface area contributed by atoms with Crippen LogP contribution < -0.4 is 5.32 Å². The smallest absolute Gasteiger partial charge is 0.410 e. The lowest BCUT2D eigenvalue weighted by Crippen LogP contribution is -2.60. The van der Waals surface area contributed by atoms with E-state index in [0.717, 1.165) is 5.56 Å². The molecule has 0 radical (unpaired) electrons. The van der Waals surface area contributed by atoms with Crippen molar-refractivity contribution < 1.29 is 14.5 Å². The third-order valence-electron chi connectivity index (χ3n) is 3.73. The third-order valence-corrected chi connectivity index (χ3v) is 3.73. The number of hydrogen-bond acceptors (Lipinski definition) is 5. The molecular formula is C16H23N3O4. The van der Waals surface area contributed by atoms with Crippen molar-refractivity contribution in [3.63, 3.8) is 0 Å². The number of nitro groups is 1. The summed E-state index contributed by atoms with van der Waals surface area (Å²) in [5.74, 6) is 0. The van der Waals surface area contributed by atoms with Crippen LogP contribution in [0.15, 0.2) is 18.2 Å². The molecule has 2 rings (SSSR count). The van der Waals surface area contributed by atoms with Gasteiger partial charge < -0.3 is 15.0 Å². The number of carbonyl (C=O) groups excluding carboxylic acids is 1. The van der Waals surface area contributed by atoms with E-state index in [2.05, 4.69) is 5.32 Å². The molecule has 1 N–H and O–H groups in total. The molecule has 7 heteroatoms. The summed E-state index contributed by atoms with van der Waals surface area (Å²) in [5.41, 5.74) is 1.21. The van der Waals surface area contributed by atoms with Gasteiger partial charge in [0, 0.05) is 37.3 Å². The summed E-state index contributed by atoms with van der Waals surface area (Å²) in [7, 11) is 0. The molecular weight excluding hydrogens is 298 g/mol. The molecule has 23 heavy (non-hydrogen) atoms. The molecule has 1 heterocycles. The lowest BCUT2D eigenvalue weighted by Gasteiger charge is -2.40. The molecule has 0 bridgehead atoms. The van der Waals surface area contributed by atoms with Crippen LogP contribution in [0.5, 0.6) is 0 Å². The van der Waals surface area contributed by atoms with Gasteiger partial charge in [-0.2, -0.15) is 0 Å². The fourth-order valence-electron chi connectivity index (χ4n) is 2.40. The van der Waals surface area contributed by atoms with Crippen molar-refractivity contribution >= 4 is 11.8 Å². The largest absolute Gasteiger partial charge is 0.444 e. The van der Waals surface area contributed by atoms with Crippen LogP contribution in [-0.4, -0.2) is 40.6 Å². The van der Waals surface area contributed by atoms with Crippen molar-refractivity contribution in [3.8, 4) is 0 Å². The Bertz CT molecular complexity index is 604. The van der Waals surface area contributed by atoms with Crippen molar-refractivity contribution in [2.45, 2.75) is 45.9 Å². The highest BCUT2D eigenvalue weighted by molar-refractivity contribution is 5.69. The van der Waals surface area contributed by atoms with Crippen molar-refractivity contribution in [2.75, 3.05) is 13.1 Å². The van der Waals surface area contributed by atoms with Gasteiger partial charge in [0.05, 0.1) is 4.92 Å². The van der Waals surface area contributed by atoms with E-state index in [0.29, 0.717) is 25.2 Å². The fourth-order valence-corrected chi connectivity index (χ4v) is 2.40. The molecule has 1 aliphatic heterocycles. The zero-order valence-corrected chi connectivity index (χ0v) is 14.0.